The maximum absolute atomic E-state index is 2.34. The average Bonchev–Trinajstić information content (AvgIpc) is 2.17. The van der Waals surface area contributed by atoms with Crippen LogP contribution >= 0.6 is 0 Å². The van der Waals surface area contributed by atoms with Crippen LogP contribution in [0.15, 0.2) is 0 Å². The summed E-state index contributed by atoms with van der Waals surface area (Å²) in [5.41, 5.74) is 0. The molecule has 14 heavy (non-hydrogen) atoms. The van der Waals surface area contributed by atoms with Crippen molar-refractivity contribution in [3.8, 4) is 0 Å². The normalized spacial score (nSPS) is 10.3. The predicted molar refractivity (Wildman–Crippen MR) is 70.7 cm³/mol. The van der Waals surface area contributed by atoms with Crippen LogP contribution in [0.3, 0.4) is 0 Å². The van der Waals surface area contributed by atoms with Gasteiger partial charge < -0.3 is 0 Å². The van der Waals surface area contributed by atoms with Crippen molar-refractivity contribution in [3.05, 3.63) is 0 Å². The van der Waals surface area contributed by atoms with Gasteiger partial charge >= 0.3 is 93.9 Å². The van der Waals surface area contributed by atoms with E-state index in [-0.39, 0.29) is 18.9 Å². The van der Waals surface area contributed by atoms with Crippen LogP contribution in [0.4, 0.5) is 0 Å². The Balaban J connectivity index is 0. The van der Waals surface area contributed by atoms with Crippen molar-refractivity contribution in [2.24, 2.45) is 0 Å². The molecule has 0 unspecified atom stereocenters. The SMILES string of the molecule is CCC[CH2][Pb]([CH2]CCC)[CH2]CCC.[Li]. The van der Waals surface area contributed by atoms with Crippen molar-refractivity contribution in [2.45, 2.75) is 71.2 Å². The molecule has 0 saturated heterocycles. The molecule has 2 heteroatoms. The van der Waals surface area contributed by atoms with Crippen LogP contribution in [0.25, 0.3) is 0 Å². The molecule has 0 spiro atoms. The van der Waals surface area contributed by atoms with Gasteiger partial charge in [0.25, 0.3) is 0 Å². The fourth-order valence-corrected chi connectivity index (χ4v) is 14.5. The van der Waals surface area contributed by atoms with Gasteiger partial charge in [-0.3, -0.25) is 0 Å². The summed E-state index contributed by atoms with van der Waals surface area (Å²) in [6.07, 6.45) is 8.88. The minimum absolute atomic E-state index is 0. The maximum atomic E-state index is 2.34. The van der Waals surface area contributed by atoms with Gasteiger partial charge in [-0.25, -0.2) is 0 Å². The predicted octanol–water partition coefficient (Wildman–Crippen LogP) is 4.50. The first-order valence-electron chi connectivity index (χ1n) is 6.18. The van der Waals surface area contributed by atoms with Crippen LogP contribution < -0.4 is 0 Å². The van der Waals surface area contributed by atoms with Crippen LogP contribution in [0.1, 0.15) is 59.3 Å². The molecule has 0 aromatic carbocycles. The van der Waals surface area contributed by atoms with Crippen LogP contribution in [0.5, 0.6) is 0 Å². The van der Waals surface area contributed by atoms with Gasteiger partial charge in [-0.1, -0.05) is 0 Å². The summed E-state index contributed by atoms with van der Waals surface area (Å²) < 4.78 is 5.09. The molecule has 0 aromatic heterocycles. The quantitative estimate of drug-likeness (QED) is 0.513. The van der Waals surface area contributed by atoms with Gasteiger partial charge in [-0.15, -0.1) is 0 Å². The zero-order valence-corrected chi connectivity index (χ0v) is 14.8. The number of hydrogen-bond acceptors (Lipinski definition) is 0. The fourth-order valence-electron chi connectivity index (χ4n) is 1.66. The first kappa shape index (κ1) is 17.9. The molecule has 0 amide bonds. The molecule has 0 aliphatic rings. The Kier molecular flexibility index (Phi) is 18.6. The molecule has 0 aliphatic heterocycles. The zero-order valence-electron chi connectivity index (χ0n) is 10.9. The third kappa shape index (κ3) is 11.6. The van der Waals surface area contributed by atoms with Gasteiger partial charge in [0.15, 0.2) is 0 Å². The molecule has 0 nitrogen and oxygen atoms in total. The van der Waals surface area contributed by atoms with Crippen LogP contribution in [-0.4, -0.2) is 41.6 Å². The van der Waals surface area contributed by atoms with E-state index in [4.69, 9.17) is 0 Å². The Hall–Kier alpha value is 1.52. The molecule has 0 bridgehead atoms. The van der Waals surface area contributed by atoms with Gasteiger partial charge in [0.1, 0.15) is 0 Å². The largest absolute Gasteiger partial charge is 0 e. The second-order valence-electron chi connectivity index (χ2n) is 4.06. The molecule has 2 radical (unpaired) electrons. The molecular weight excluding hydrogens is 358 g/mol. The summed E-state index contributed by atoms with van der Waals surface area (Å²) in [5.74, 6) is 0. The van der Waals surface area contributed by atoms with Gasteiger partial charge in [-0.05, 0) is 0 Å². The van der Waals surface area contributed by atoms with Crippen molar-refractivity contribution in [1.29, 1.82) is 0 Å². The molecule has 0 aliphatic carbocycles. The van der Waals surface area contributed by atoms with E-state index in [1.165, 1.54) is 38.5 Å². The molecule has 80 valence electrons. The molecule has 0 fully saturated rings. The van der Waals surface area contributed by atoms with E-state index >= 15 is 0 Å². The molecular formula is C12H27LiPb. The summed E-state index contributed by atoms with van der Waals surface area (Å²) in [6.45, 7) is 7.01. The Morgan fingerprint density at radius 1 is 0.643 bits per heavy atom. The molecule has 0 rings (SSSR count). The Morgan fingerprint density at radius 2 is 0.929 bits per heavy atom. The standard InChI is InChI=1S/3C4H9.Li.Pb/c3*1-3-4-2;;/h3*1,3-4H2,2H3;;. The summed E-state index contributed by atoms with van der Waals surface area (Å²) in [5, 5.41) is 0. The molecule has 0 N–H and O–H groups in total. The Bertz CT molecular complexity index is 77.3. The number of rotatable bonds is 9. The van der Waals surface area contributed by atoms with E-state index in [1.807, 2.05) is 0 Å². The van der Waals surface area contributed by atoms with Gasteiger partial charge in [-0.2, -0.15) is 0 Å². The number of hydrogen-bond donors (Lipinski definition) is 0. The topological polar surface area (TPSA) is 0 Å². The van der Waals surface area contributed by atoms with E-state index in [9.17, 15) is 0 Å². The minimum Gasteiger partial charge on any atom is 0 e. The Morgan fingerprint density at radius 3 is 1.14 bits per heavy atom. The fraction of sp³-hybridized carbons (Fsp3) is 1.00. The van der Waals surface area contributed by atoms with Gasteiger partial charge in [0.05, 0.1) is 0 Å². The van der Waals surface area contributed by atoms with Crippen molar-refractivity contribution in [2.75, 3.05) is 0 Å². The van der Waals surface area contributed by atoms with Crippen LogP contribution in [-0.2, 0) is 0 Å². The van der Waals surface area contributed by atoms with E-state index in [0.717, 1.165) is 0 Å². The van der Waals surface area contributed by atoms with Crippen molar-refractivity contribution in [1.82, 2.24) is 0 Å². The summed E-state index contributed by atoms with van der Waals surface area (Å²) >= 11 is -0.995. The molecule has 0 atom stereocenters. The van der Waals surface area contributed by atoms with Gasteiger partial charge in [0, 0.05) is 18.9 Å². The third-order valence-electron chi connectivity index (χ3n) is 2.65. The van der Waals surface area contributed by atoms with E-state index < -0.39 is 22.7 Å². The molecule has 0 heterocycles. The average molecular weight is 385 g/mol. The first-order chi connectivity index (χ1) is 6.35. The first-order valence-corrected chi connectivity index (χ1v) is 14.4. The van der Waals surface area contributed by atoms with Crippen molar-refractivity contribution in [3.63, 3.8) is 0 Å². The second-order valence-corrected chi connectivity index (χ2v) is 15.7. The summed E-state index contributed by atoms with van der Waals surface area (Å²) in [6, 6.07) is 0. The smallest absolute Gasteiger partial charge is 0 e. The Labute approximate surface area is 112 Å². The number of unbranched alkanes of at least 4 members (excludes halogenated alkanes) is 3. The minimum atomic E-state index is -0.995. The molecule has 0 saturated carbocycles. The van der Waals surface area contributed by atoms with Gasteiger partial charge in [0.2, 0.25) is 0 Å². The summed E-state index contributed by atoms with van der Waals surface area (Å²) in [7, 11) is 0. The maximum Gasteiger partial charge on any atom is 0 e. The monoisotopic (exact) mass is 386 g/mol. The van der Waals surface area contributed by atoms with E-state index in [0.29, 0.717) is 0 Å². The summed E-state index contributed by atoms with van der Waals surface area (Å²) in [4.78, 5) is 0. The second kappa shape index (κ2) is 14.5. The van der Waals surface area contributed by atoms with Crippen molar-refractivity contribution < 1.29 is 0 Å². The van der Waals surface area contributed by atoms with E-state index in [2.05, 4.69) is 20.8 Å². The molecule has 0 aromatic rings. The van der Waals surface area contributed by atoms with Crippen LogP contribution in [0, 0.1) is 0 Å². The third-order valence-corrected chi connectivity index (χ3v) is 15.0. The zero-order chi connectivity index (χ0) is 9.94. The van der Waals surface area contributed by atoms with E-state index in [1.54, 1.807) is 11.9 Å². The van der Waals surface area contributed by atoms with Crippen molar-refractivity contribution >= 4 is 41.6 Å². The van der Waals surface area contributed by atoms with Crippen LogP contribution in [0.2, 0.25) is 11.9 Å².